The number of alkyl halides is 3. The summed E-state index contributed by atoms with van der Waals surface area (Å²) >= 11 is 5.87. The number of carbonyl (C=O) groups is 2. The highest BCUT2D eigenvalue weighted by Crippen LogP contribution is 2.25. The van der Waals surface area contributed by atoms with Gasteiger partial charge in [0.2, 0.25) is 0 Å². The second-order valence-electron chi connectivity index (χ2n) is 7.56. The minimum atomic E-state index is -5.14. The number of carbonyl (C=O) groups excluding carboxylic acids is 2. The molecule has 184 valence electrons. The monoisotopic (exact) mass is 501 g/mol. The van der Waals surface area contributed by atoms with Gasteiger partial charge in [0, 0.05) is 24.7 Å². The lowest BCUT2D eigenvalue weighted by molar-refractivity contribution is -0.206. The van der Waals surface area contributed by atoms with Crippen LogP contribution >= 0.6 is 11.6 Å². The largest absolute Gasteiger partial charge is 0.490 e. The van der Waals surface area contributed by atoms with Crippen LogP contribution in [0.4, 0.5) is 23.7 Å². The molecule has 34 heavy (non-hydrogen) atoms. The zero-order valence-electron chi connectivity index (χ0n) is 17.9. The van der Waals surface area contributed by atoms with Crippen LogP contribution in [0.15, 0.2) is 48.5 Å². The van der Waals surface area contributed by atoms with Gasteiger partial charge < -0.3 is 25.3 Å². The summed E-state index contributed by atoms with van der Waals surface area (Å²) in [4.78, 5) is 24.5. The Hall–Kier alpha value is -3.18. The molecule has 0 aliphatic carbocycles. The fourth-order valence-electron chi connectivity index (χ4n) is 3.41. The molecule has 2 unspecified atom stereocenters. The van der Waals surface area contributed by atoms with Crippen LogP contribution in [0.3, 0.4) is 0 Å². The highest BCUT2D eigenvalue weighted by molar-refractivity contribution is 6.30. The van der Waals surface area contributed by atoms with Gasteiger partial charge in [-0.05, 0) is 42.8 Å². The van der Waals surface area contributed by atoms with Crippen LogP contribution in [0, 0.1) is 0 Å². The molecule has 1 heterocycles. The van der Waals surface area contributed by atoms with Gasteiger partial charge in [0.05, 0.1) is 5.69 Å². The van der Waals surface area contributed by atoms with Crippen LogP contribution in [-0.2, 0) is 9.53 Å². The fourth-order valence-corrected chi connectivity index (χ4v) is 3.53. The third-order valence-corrected chi connectivity index (χ3v) is 5.13. The highest BCUT2D eigenvalue weighted by atomic mass is 35.5. The zero-order chi connectivity index (χ0) is 24.7. The van der Waals surface area contributed by atoms with E-state index < -0.39 is 24.3 Å². The molecule has 8 nitrogen and oxygen atoms in total. The number of likely N-dealkylation sites (tertiary alicyclic amines) is 1. The van der Waals surface area contributed by atoms with Gasteiger partial charge in [0.15, 0.2) is 0 Å². The summed E-state index contributed by atoms with van der Waals surface area (Å²) in [7, 11) is 0. The van der Waals surface area contributed by atoms with Gasteiger partial charge >= 0.3 is 18.2 Å². The molecular formula is C22H23ClF3N3O5. The van der Waals surface area contributed by atoms with Gasteiger partial charge in [-0.25, -0.2) is 9.59 Å². The maximum atomic E-state index is 12.8. The number of hydrogen-bond donors (Lipinski definition) is 2. The van der Waals surface area contributed by atoms with E-state index in [4.69, 9.17) is 26.8 Å². The number of rotatable bonds is 9. The number of halogens is 4. The fraction of sp³-hybridized carbons (Fsp3) is 0.364. The Morgan fingerprint density at radius 2 is 1.88 bits per heavy atom. The smallest absolute Gasteiger partial charge is 0.489 e. The maximum Gasteiger partial charge on any atom is 0.490 e. The maximum absolute atomic E-state index is 12.8. The van der Waals surface area contributed by atoms with E-state index in [-0.39, 0.29) is 30.7 Å². The average molecular weight is 502 g/mol. The number of nitrogens with zero attached hydrogens (tertiary/aromatic N) is 1. The van der Waals surface area contributed by atoms with E-state index in [2.05, 4.69) is 10.1 Å². The molecule has 0 aromatic heterocycles. The first kappa shape index (κ1) is 25.4. The molecule has 1 saturated heterocycles. The van der Waals surface area contributed by atoms with Crippen LogP contribution in [0.25, 0.3) is 0 Å². The number of nitrogens with two attached hydrogens (primary N) is 1. The third kappa shape index (κ3) is 7.70. The van der Waals surface area contributed by atoms with E-state index in [0.717, 1.165) is 0 Å². The lowest BCUT2D eigenvalue weighted by Gasteiger charge is -2.25. The van der Waals surface area contributed by atoms with E-state index in [0.29, 0.717) is 30.3 Å². The van der Waals surface area contributed by atoms with Crippen molar-refractivity contribution >= 4 is 29.3 Å². The molecule has 2 amide bonds. The van der Waals surface area contributed by atoms with Gasteiger partial charge in [0.1, 0.15) is 30.3 Å². The summed E-state index contributed by atoms with van der Waals surface area (Å²) in [6.45, 7) is 0.562. The number of esters is 1. The molecule has 3 N–H and O–H groups in total. The highest BCUT2D eigenvalue weighted by Gasteiger charge is 2.43. The van der Waals surface area contributed by atoms with Crippen molar-refractivity contribution in [1.82, 2.24) is 4.90 Å². The van der Waals surface area contributed by atoms with Crippen molar-refractivity contribution in [3.05, 3.63) is 53.6 Å². The molecule has 2 aromatic carbocycles. The molecule has 0 spiro atoms. The first-order valence-corrected chi connectivity index (χ1v) is 10.7. The van der Waals surface area contributed by atoms with Crippen LogP contribution in [-0.4, -0.2) is 61.5 Å². The predicted molar refractivity (Wildman–Crippen MR) is 118 cm³/mol. The second-order valence-corrected chi connectivity index (χ2v) is 8.00. The molecule has 2 aromatic rings. The minimum Gasteiger partial charge on any atom is -0.489 e. The number of ether oxygens (including phenoxy) is 3. The molecular weight excluding hydrogens is 479 g/mol. The molecule has 12 heteroatoms. The summed E-state index contributed by atoms with van der Waals surface area (Å²) in [5.74, 6) is -1.52. The second kappa shape index (κ2) is 11.3. The minimum absolute atomic E-state index is 0.00624. The lowest BCUT2D eigenvalue weighted by Crippen LogP contribution is -2.41. The molecule has 2 atom stereocenters. The number of anilines is 1. The van der Waals surface area contributed by atoms with E-state index in [1.54, 1.807) is 36.4 Å². The van der Waals surface area contributed by atoms with Crippen LogP contribution in [0.1, 0.15) is 6.42 Å². The summed E-state index contributed by atoms with van der Waals surface area (Å²) in [6.07, 6.45) is -5.93. The Labute approximate surface area is 198 Å². The van der Waals surface area contributed by atoms with Crippen molar-refractivity contribution in [2.75, 3.05) is 31.6 Å². The van der Waals surface area contributed by atoms with Crippen molar-refractivity contribution < 1.29 is 37.0 Å². The molecule has 1 aliphatic rings. The zero-order valence-corrected chi connectivity index (χ0v) is 18.6. The molecule has 1 aliphatic heterocycles. The number of urea groups is 1. The van der Waals surface area contributed by atoms with E-state index in [9.17, 15) is 22.8 Å². The summed E-state index contributed by atoms with van der Waals surface area (Å²) < 4.78 is 54.6. The van der Waals surface area contributed by atoms with Crippen LogP contribution < -0.4 is 20.5 Å². The van der Waals surface area contributed by atoms with Crippen LogP contribution in [0.5, 0.6) is 11.5 Å². The number of amides is 2. The Morgan fingerprint density at radius 3 is 2.56 bits per heavy atom. The summed E-state index contributed by atoms with van der Waals surface area (Å²) in [5.41, 5.74) is 5.35. The predicted octanol–water partition coefficient (Wildman–Crippen LogP) is 3.84. The van der Waals surface area contributed by atoms with E-state index >= 15 is 0 Å². The van der Waals surface area contributed by atoms with Crippen molar-refractivity contribution in [2.24, 2.45) is 5.73 Å². The van der Waals surface area contributed by atoms with Gasteiger partial charge in [-0.1, -0.05) is 23.7 Å². The van der Waals surface area contributed by atoms with Crippen LogP contribution in [0.2, 0.25) is 5.02 Å². The average Bonchev–Trinajstić information content (AvgIpc) is 3.20. The lowest BCUT2D eigenvalue weighted by atomic mass is 10.3. The summed E-state index contributed by atoms with van der Waals surface area (Å²) in [6, 6.07) is 12.2. The van der Waals surface area contributed by atoms with E-state index in [1.807, 2.05) is 4.90 Å². The number of primary amides is 1. The Balaban J connectivity index is 1.62. The number of para-hydroxylation sites is 2. The van der Waals surface area contributed by atoms with E-state index in [1.165, 1.54) is 12.1 Å². The van der Waals surface area contributed by atoms with Gasteiger partial charge in [0.25, 0.3) is 0 Å². The van der Waals surface area contributed by atoms with Gasteiger partial charge in [-0.3, -0.25) is 4.90 Å². The Kier molecular flexibility index (Phi) is 8.46. The Morgan fingerprint density at radius 1 is 1.18 bits per heavy atom. The summed E-state index contributed by atoms with van der Waals surface area (Å²) in [5, 5.41) is 2.93. The third-order valence-electron chi connectivity index (χ3n) is 4.88. The SMILES string of the molecule is NC(=O)Nc1ccccc1OCC(CN1CCC(Oc2ccc(Cl)cc2)C1)OC(=O)C(F)(F)F. The molecule has 1 fully saturated rings. The standard InChI is InChI=1S/C22H23ClF3N3O5/c23-14-5-7-15(8-6-14)33-16-9-10-29(11-16)12-17(34-20(30)22(24,25)26)13-32-19-4-2-1-3-18(19)28-21(27)31/h1-8,16-17H,9-13H2,(H3,27,28,31). The molecule has 3 rings (SSSR count). The molecule has 0 saturated carbocycles. The Bertz CT molecular complexity index is 990. The number of nitrogens with one attached hydrogen (secondary N) is 1. The normalized spacial score (nSPS) is 17.1. The first-order valence-electron chi connectivity index (χ1n) is 10.3. The number of hydrogen-bond acceptors (Lipinski definition) is 6. The van der Waals surface area contributed by atoms with Crippen molar-refractivity contribution in [2.45, 2.75) is 24.8 Å². The van der Waals surface area contributed by atoms with Crippen molar-refractivity contribution in [3.63, 3.8) is 0 Å². The van der Waals surface area contributed by atoms with Gasteiger partial charge in [-0.15, -0.1) is 0 Å². The van der Waals surface area contributed by atoms with Crippen molar-refractivity contribution in [3.8, 4) is 11.5 Å². The first-order chi connectivity index (χ1) is 16.1. The van der Waals surface area contributed by atoms with Gasteiger partial charge in [-0.2, -0.15) is 13.2 Å². The molecule has 0 radical (unpaired) electrons. The quantitative estimate of drug-likeness (QED) is 0.506. The topological polar surface area (TPSA) is 103 Å². The number of benzene rings is 2. The molecule has 0 bridgehead atoms. The van der Waals surface area contributed by atoms with Crippen molar-refractivity contribution in [1.29, 1.82) is 0 Å².